The number of nitrogens with one attached hydrogen (secondary N) is 1. The van der Waals surface area contributed by atoms with Crippen LogP contribution < -0.4 is 5.32 Å². The molecule has 0 spiro atoms. The van der Waals surface area contributed by atoms with Gasteiger partial charge < -0.3 is 10.2 Å². The number of halogens is 1. The highest BCUT2D eigenvalue weighted by Gasteiger charge is 2.41. The fourth-order valence-electron chi connectivity index (χ4n) is 3.76. The maximum atomic E-state index is 6.27. The summed E-state index contributed by atoms with van der Waals surface area (Å²) < 4.78 is 0. The molecule has 118 valence electrons. The first-order chi connectivity index (χ1) is 9.94. The van der Waals surface area contributed by atoms with E-state index < -0.39 is 0 Å². The van der Waals surface area contributed by atoms with Crippen molar-refractivity contribution in [3.8, 4) is 0 Å². The average molecular weight is 309 g/mol. The predicted molar refractivity (Wildman–Crippen MR) is 91.8 cm³/mol. The number of benzene rings is 1. The third-order valence-electron chi connectivity index (χ3n) is 4.84. The van der Waals surface area contributed by atoms with Crippen LogP contribution in [-0.2, 0) is 6.54 Å². The van der Waals surface area contributed by atoms with Gasteiger partial charge >= 0.3 is 0 Å². The lowest BCUT2D eigenvalue weighted by Gasteiger charge is -2.33. The molecule has 0 aromatic heterocycles. The van der Waals surface area contributed by atoms with Crippen LogP contribution in [0.4, 0.5) is 0 Å². The Labute approximate surface area is 134 Å². The van der Waals surface area contributed by atoms with Gasteiger partial charge in [0.1, 0.15) is 0 Å². The Morgan fingerprint density at radius 3 is 2.71 bits per heavy atom. The molecule has 2 atom stereocenters. The zero-order chi connectivity index (χ0) is 15.5. The summed E-state index contributed by atoms with van der Waals surface area (Å²) in [7, 11) is 2.21. The molecule has 2 unspecified atom stereocenters. The second-order valence-electron chi connectivity index (χ2n) is 7.11. The first-order valence-electron chi connectivity index (χ1n) is 8.09. The van der Waals surface area contributed by atoms with Crippen molar-refractivity contribution in [2.75, 3.05) is 20.1 Å². The molecule has 1 aliphatic rings. The summed E-state index contributed by atoms with van der Waals surface area (Å²) in [6.45, 7) is 10.1. The Balaban J connectivity index is 1.96. The molecule has 1 fully saturated rings. The zero-order valence-corrected chi connectivity index (χ0v) is 14.6. The van der Waals surface area contributed by atoms with Crippen molar-refractivity contribution in [2.24, 2.45) is 11.3 Å². The largest absolute Gasteiger partial charge is 0.313 e. The van der Waals surface area contributed by atoms with Crippen molar-refractivity contribution in [2.45, 2.75) is 46.2 Å². The minimum atomic E-state index is 0.409. The first kappa shape index (κ1) is 16.8. The topological polar surface area (TPSA) is 15.3 Å². The SMILES string of the molecule is CCNC1C(CN(C)Cc2ccccc2Cl)CCC1(C)C. The van der Waals surface area contributed by atoms with E-state index in [1.807, 2.05) is 12.1 Å². The fourth-order valence-corrected chi connectivity index (χ4v) is 3.96. The third kappa shape index (κ3) is 4.21. The van der Waals surface area contributed by atoms with Gasteiger partial charge in [-0.25, -0.2) is 0 Å². The highest BCUT2D eigenvalue weighted by atomic mass is 35.5. The summed E-state index contributed by atoms with van der Waals surface area (Å²) in [6, 6.07) is 8.78. The molecule has 0 heterocycles. The molecule has 0 bridgehead atoms. The second kappa shape index (κ2) is 7.13. The zero-order valence-electron chi connectivity index (χ0n) is 13.8. The third-order valence-corrected chi connectivity index (χ3v) is 5.21. The minimum Gasteiger partial charge on any atom is -0.313 e. The summed E-state index contributed by atoms with van der Waals surface area (Å²) in [5.41, 5.74) is 1.63. The summed E-state index contributed by atoms with van der Waals surface area (Å²) >= 11 is 6.27. The number of hydrogen-bond donors (Lipinski definition) is 1. The van der Waals surface area contributed by atoms with Crippen molar-refractivity contribution in [1.29, 1.82) is 0 Å². The summed E-state index contributed by atoms with van der Waals surface area (Å²) in [6.07, 6.45) is 2.63. The number of nitrogens with zero attached hydrogens (tertiary/aromatic N) is 1. The quantitative estimate of drug-likeness (QED) is 0.848. The number of rotatable bonds is 6. The van der Waals surface area contributed by atoms with Gasteiger partial charge in [-0.15, -0.1) is 0 Å². The van der Waals surface area contributed by atoms with E-state index in [2.05, 4.69) is 50.2 Å². The van der Waals surface area contributed by atoms with Crippen LogP contribution in [0.1, 0.15) is 39.2 Å². The normalized spacial score (nSPS) is 24.7. The molecular weight excluding hydrogens is 280 g/mol. The molecule has 21 heavy (non-hydrogen) atoms. The lowest BCUT2D eigenvalue weighted by Crippen LogP contribution is -2.45. The van der Waals surface area contributed by atoms with E-state index in [9.17, 15) is 0 Å². The predicted octanol–water partition coefficient (Wildman–Crippen LogP) is 4.19. The lowest BCUT2D eigenvalue weighted by molar-refractivity contribution is 0.202. The lowest BCUT2D eigenvalue weighted by atomic mass is 9.84. The Hall–Kier alpha value is -0.570. The molecule has 2 nitrogen and oxygen atoms in total. The summed E-state index contributed by atoms with van der Waals surface area (Å²) in [4.78, 5) is 2.41. The molecule has 2 rings (SSSR count). The smallest absolute Gasteiger partial charge is 0.0451 e. The van der Waals surface area contributed by atoms with Gasteiger partial charge in [0, 0.05) is 24.2 Å². The highest BCUT2D eigenvalue weighted by Crippen LogP contribution is 2.41. The molecule has 0 saturated heterocycles. The second-order valence-corrected chi connectivity index (χ2v) is 7.52. The molecule has 0 aliphatic heterocycles. The van der Waals surface area contributed by atoms with Gasteiger partial charge in [0.05, 0.1) is 0 Å². The molecule has 1 aromatic rings. The van der Waals surface area contributed by atoms with Crippen molar-refractivity contribution in [3.63, 3.8) is 0 Å². The van der Waals surface area contributed by atoms with Crippen LogP contribution in [0.5, 0.6) is 0 Å². The van der Waals surface area contributed by atoms with E-state index in [-0.39, 0.29) is 0 Å². The van der Waals surface area contributed by atoms with Gasteiger partial charge in [-0.2, -0.15) is 0 Å². The average Bonchev–Trinajstić information content (AvgIpc) is 2.69. The van der Waals surface area contributed by atoms with Crippen LogP contribution in [0.2, 0.25) is 5.02 Å². The van der Waals surface area contributed by atoms with E-state index in [0.29, 0.717) is 11.5 Å². The van der Waals surface area contributed by atoms with Crippen LogP contribution in [-0.4, -0.2) is 31.1 Å². The van der Waals surface area contributed by atoms with Crippen molar-refractivity contribution in [1.82, 2.24) is 10.2 Å². The molecule has 0 radical (unpaired) electrons. The van der Waals surface area contributed by atoms with Crippen molar-refractivity contribution < 1.29 is 0 Å². The summed E-state index contributed by atoms with van der Waals surface area (Å²) in [5, 5.41) is 4.59. The maximum Gasteiger partial charge on any atom is 0.0451 e. The van der Waals surface area contributed by atoms with Crippen LogP contribution in [0.25, 0.3) is 0 Å². The van der Waals surface area contributed by atoms with Gasteiger partial charge in [0.2, 0.25) is 0 Å². The minimum absolute atomic E-state index is 0.409. The molecule has 1 saturated carbocycles. The van der Waals surface area contributed by atoms with Gasteiger partial charge in [0.25, 0.3) is 0 Å². The van der Waals surface area contributed by atoms with E-state index >= 15 is 0 Å². The maximum absolute atomic E-state index is 6.27. The van der Waals surface area contributed by atoms with E-state index in [1.54, 1.807) is 0 Å². The monoisotopic (exact) mass is 308 g/mol. The first-order valence-corrected chi connectivity index (χ1v) is 8.47. The van der Waals surface area contributed by atoms with Gasteiger partial charge in [-0.3, -0.25) is 0 Å². The van der Waals surface area contributed by atoms with E-state index in [0.717, 1.165) is 30.6 Å². The standard InChI is InChI=1S/C18H29ClN2/c1-5-20-17-15(10-11-18(17,2)3)13-21(4)12-14-8-6-7-9-16(14)19/h6-9,15,17,20H,5,10-13H2,1-4H3. The molecule has 0 amide bonds. The number of hydrogen-bond acceptors (Lipinski definition) is 2. The molecule has 1 aromatic carbocycles. The van der Waals surface area contributed by atoms with Gasteiger partial charge in [0.15, 0.2) is 0 Å². The Morgan fingerprint density at radius 1 is 1.33 bits per heavy atom. The van der Waals surface area contributed by atoms with Gasteiger partial charge in [-0.1, -0.05) is 50.6 Å². The van der Waals surface area contributed by atoms with Crippen molar-refractivity contribution >= 4 is 11.6 Å². The molecule has 1 aliphatic carbocycles. The molecule has 3 heteroatoms. The van der Waals surface area contributed by atoms with Gasteiger partial charge in [-0.05, 0) is 49.4 Å². The summed E-state index contributed by atoms with van der Waals surface area (Å²) in [5.74, 6) is 0.729. The molecular formula is C18H29ClN2. The molecule has 1 N–H and O–H groups in total. The van der Waals surface area contributed by atoms with Crippen LogP contribution in [0, 0.1) is 11.3 Å². The Bertz CT molecular complexity index is 458. The van der Waals surface area contributed by atoms with Crippen LogP contribution >= 0.6 is 11.6 Å². The Kier molecular flexibility index (Phi) is 5.70. The van der Waals surface area contributed by atoms with Crippen LogP contribution in [0.15, 0.2) is 24.3 Å². The van der Waals surface area contributed by atoms with E-state index in [4.69, 9.17) is 11.6 Å². The Morgan fingerprint density at radius 2 is 2.05 bits per heavy atom. The van der Waals surface area contributed by atoms with E-state index in [1.165, 1.54) is 18.4 Å². The van der Waals surface area contributed by atoms with Crippen LogP contribution in [0.3, 0.4) is 0 Å². The van der Waals surface area contributed by atoms with Crippen molar-refractivity contribution in [3.05, 3.63) is 34.9 Å². The highest BCUT2D eigenvalue weighted by molar-refractivity contribution is 6.31. The fraction of sp³-hybridized carbons (Fsp3) is 0.667.